The highest BCUT2D eigenvalue weighted by Crippen LogP contribution is 2.20. The number of rotatable bonds is 5. The van der Waals surface area contributed by atoms with Gasteiger partial charge in [-0.3, -0.25) is 0 Å². The van der Waals surface area contributed by atoms with Gasteiger partial charge in [0.05, 0.1) is 0 Å². The largest absolute Gasteiger partial charge is 0.381 e. The van der Waals surface area contributed by atoms with Crippen LogP contribution in [-0.2, 0) is 17.8 Å². The maximum Gasteiger partial charge on any atom is 0.0469 e. The number of hydrogen-bond acceptors (Lipinski definition) is 2. The summed E-state index contributed by atoms with van der Waals surface area (Å²) in [5.41, 5.74) is 4.22. The number of aryl methyl sites for hydroxylation is 1. The summed E-state index contributed by atoms with van der Waals surface area (Å²) in [6, 6.07) is 2.90. The van der Waals surface area contributed by atoms with Crippen LogP contribution < -0.4 is 5.32 Å². The number of nitrogens with zero attached hydrogens (tertiary/aromatic N) is 1. The lowest BCUT2D eigenvalue weighted by atomic mass is 9.93. The summed E-state index contributed by atoms with van der Waals surface area (Å²) in [6.45, 7) is 12.9. The summed E-state index contributed by atoms with van der Waals surface area (Å²) >= 11 is 0. The second kappa shape index (κ2) is 6.58. The molecule has 108 valence electrons. The van der Waals surface area contributed by atoms with E-state index in [9.17, 15) is 0 Å². The van der Waals surface area contributed by atoms with Gasteiger partial charge in [0, 0.05) is 43.7 Å². The first-order chi connectivity index (χ1) is 9.13. The van der Waals surface area contributed by atoms with Crippen molar-refractivity contribution in [3.05, 3.63) is 23.0 Å². The molecule has 1 atom stereocenters. The van der Waals surface area contributed by atoms with Crippen molar-refractivity contribution in [2.45, 2.75) is 59.7 Å². The molecule has 1 aliphatic rings. The fourth-order valence-electron chi connectivity index (χ4n) is 3.19. The zero-order valence-electron chi connectivity index (χ0n) is 12.8. The van der Waals surface area contributed by atoms with E-state index >= 15 is 0 Å². The molecule has 2 heterocycles. The Labute approximate surface area is 117 Å². The third-order valence-corrected chi connectivity index (χ3v) is 4.58. The van der Waals surface area contributed by atoms with Crippen molar-refractivity contribution in [2.75, 3.05) is 13.2 Å². The van der Waals surface area contributed by atoms with Gasteiger partial charge in [-0.15, -0.1) is 0 Å². The summed E-state index contributed by atoms with van der Waals surface area (Å²) in [4.78, 5) is 0. The van der Waals surface area contributed by atoms with Gasteiger partial charge in [-0.05, 0) is 58.1 Å². The number of aromatic nitrogens is 1. The molecule has 0 bridgehead atoms. The first kappa shape index (κ1) is 14.6. The first-order valence-corrected chi connectivity index (χ1v) is 7.60. The molecule has 1 unspecified atom stereocenters. The van der Waals surface area contributed by atoms with Crippen LogP contribution in [0.1, 0.15) is 43.6 Å². The van der Waals surface area contributed by atoms with E-state index in [2.05, 4.69) is 43.6 Å². The standard InChI is InChI=1S/C16H28N2O/c1-5-18-12(2)10-16(14(18)4)11-17-13(3)15-6-8-19-9-7-15/h10,13,15,17H,5-9,11H2,1-4H3. The van der Waals surface area contributed by atoms with Gasteiger partial charge in [-0.1, -0.05) is 0 Å². The predicted octanol–water partition coefficient (Wildman–Crippen LogP) is 3.03. The first-order valence-electron chi connectivity index (χ1n) is 7.60. The molecule has 1 saturated heterocycles. The Bertz CT molecular complexity index is 405. The van der Waals surface area contributed by atoms with Gasteiger partial charge in [0.1, 0.15) is 0 Å². The van der Waals surface area contributed by atoms with Crippen LogP contribution in [0, 0.1) is 19.8 Å². The van der Waals surface area contributed by atoms with E-state index in [1.54, 1.807) is 0 Å². The van der Waals surface area contributed by atoms with Gasteiger partial charge in [0.2, 0.25) is 0 Å². The van der Waals surface area contributed by atoms with Crippen molar-refractivity contribution in [1.29, 1.82) is 0 Å². The van der Waals surface area contributed by atoms with Crippen LogP contribution >= 0.6 is 0 Å². The number of nitrogens with one attached hydrogen (secondary N) is 1. The summed E-state index contributed by atoms with van der Waals surface area (Å²) in [5.74, 6) is 0.767. The van der Waals surface area contributed by atoms with E-state index in [1.807, 2.05) is 0 Å². The Morgan fingerprint density at radius 3 is 2.63 bits per heavy atom. The fraction of sp³-hybridized carbons (Fsp3) is 0.750. The highest BCUT2D eigenvalue weighted by atomic mass is 16.5. The van der Waals surface area contributed by atoms with Gasteiger partial charge in [-0.25, -0.2) is 0 Å². The quantitative estimate of drug-likeness (QED) is 0.884. The average molecular weight is 264 g/mol. The monoisotopic (exact) mass is 264 g/mol. The zero-order valence-corrected chi connectivity index (χ0v) is 12.8. The molecule has 0 spiro atoms. The van der Waals surface area contributed by atoms with Crippen LogP contribution in [-0.4, -0.2) is 23.8 Å². The van der Waals surface area contributed by atoms with Gasteiger partial charge >= 0.3 is 0 Å². The van der Waals surface area contributed by atoms with E-state index in [0.29, 0.717) is 6.04 Å². The normalized spacial score (nSPS) is 18.7. The Morgan fingerprint density at radius 2 is 2.05 bits per heavy atom. The maximum atomic E-state index is 5.43. The third kappa shape index (κ3) is 3.40. The van der Waals surface area contributed by atoms with Crippen LogP contribution in [0.4, 0.5) is 0 Å². The Morgan fingerprint density at radius 1 is 1.37 bits per heavy atom. The molecular weight excluding hydrogens is 236 g/mol. The van der Waals surface area contributed by atoms with E-state index < -0.39 is 0 Å². The van der Waals surface area contributed by atoms with Gasteiger partial charge in [0.15, 0.2) is 0 Å². The SMILES string of the molecule is CCn1c(C)cc(CNC(C)C2CCOCC2)c1C. The van der Waals surface area contributed by atoms with E-state index in [4.69, 9.17) is 4.74 Å². The number of hydrogen-bond donors (Lipinski definition) is 1. The maximum absolute atomic E-state index is 5.43. The molecule has 3 nitrogen and oxygen atoms in total. The van der Waals surface area contributed by atoms with E-state index in [1.165, 1.54) is 29.8 Å². The van der Waals surface area contributed by atoms with Crippen molar-refractivity contribution < 1.29 is 4.74 Å². The van der Waals surface area contributed by atoms with Gasteiger partial charge in [0.25, 0.3) is 0 Å². The van der Waals surface area contributed by atoms with Gasteiger partial charge in [-0.2, -0.15) is 0 Å². The summed E-state index contributed by atoms with van der Waals surface area (Å²) in [5, 5.41) is 3.71. The van der Waals surface area contributed by atoms with E-state index in [-0.39, 0.29) is 0 Å². The molecule has 3 heteroatoms. The highest BCUT2D eigenvalue weighted by molar-refractivity contribution is 5.26. The molecular formula is C16H28N2O. The topological polar surface area (TPSA) is 26.2 Å². The molecule has 1 aromatic rings. The van der Waals surface area contributed by atoms with Crippen molar-refractivity contribution in [1.82, 2.24) is 9.88 Å². The van der Waals surface area contributed by atoms with Crippen molar-refractivity contribution >= 4 is 0 Å². The van der Waals surface area contributed by atoms with Crippen LogP contribution in [0.2, 0.25) is 0 Å². The average Bonchev–Trinajstić information content (AvgIpc) is 2.71. The Balaban J connectivity index is 1.91. The zero-order chi connectivity index (χ0) is 13.8. The summed E-state index contributed by atoms with van der Waals surface area (Å²) < 4.78 is 7.82. The minimum absolute atomic E-state index is 0.577. The molecule has 0 amide bonds. The molecule has 1 fully saturated rings. The third-order valence-electron chi connectivity index (χ3n) is 4.58. The molecule has 0 aliphatic carbocycles. The fourth-order valence-corrected chi connectivity index (χ4v) is 3.19. The molecule has 1 aromatic heterocycles. The summed E-state index contributed by atoms with van der Waals surface area (Å²) in [6.07, 6.45) is 2.39. The van der Waals surface area contributed by atoms with Crippen molar-refractivity contribution in [3.8, 4) is 0 Å². The van der Waals surface area contributed by atoms with Gasteiger partial charge < -0.3 is 14.6 Å². The van der Waals surface area contributed by atoms with Crippen LogP contribution in [0.15, 0.2) is 6.07 Å². The Kier molecular flexibility index (Phi) is 5.06. The van der Waals surface area contributed by atoms with Crippen molar-refractivity contribution in [2.24, 2.45) is 5.92 Å². The Hall–Kier alpha value is -0.800. The predicted molar refractivity (Wildman–Crippen MR) is 79.4 cm³/mol. The molecule has 0 aromatic carbocycles. The second-order valence-electron chi connectivity index (χ2n) is 5.76. The molecule has 19 heavy (non-hydrogen) atoms. The minimum Gasteiger partial charge on any atom is -0.381 e. The molecule has 0 radical (unpaired) electrons. The van der Waals surface area contributed by atoms with E-state index in [0.717, 1.165) is 32.2 Å². The minimum atomic E-state index is 0.577. The molecule has 2 rings (SSSR count). The molecule has 1 N–H and O–H groups in total. The lowest BCUT2D eigenvalue weighted by Crippen LogP contribution is -2.36. The second-order valence-corrected chi connectivity index (χ2v) is 5.76. The van der Waals surface area contributed by atoms with Crippen LogP contribution in [0.3, 0.4) is 0 Å². The smallest absolute Gasteiger partial charge is 0.0469 e. The van der Waals surface area contributed by atoms with Crippen LogP contribution in [0.5, 0.6) is 0 Å². The van der Waals surface area contributed by atoms with Crippen molar-refractivity contribution in [3.63, 3.8) is 0 Å². The lowest BCUT2D eigenvalue weighted by molar-refractivity contribution is 0.0558. The molecule has 1 aliphatic heterocycles. The summed E-state index contributed by atoms with van der Waals surface area (Å²) in [7, 11) is 0. The van der Waals surface area contributed by atoms with Crippen LogP contribution in [0.25, 0.3) is 0 Å². The number of ether oxygens (including phenoxy) is 1. The highest BCUT2D eigenvalue weighted by Gasteiger charge is 2.20. The molecule has 0 saturated carbocycles. The lowest BCUT2D eigenvalue weighted by Gasteiger charge is -2.28.